The van der Waals surface area contributed by atoms with E-state index >= 15 is 0 Å². The molecule has 2 aromatic carbocycles. The van der Waals surface area contributed by atoms with Crippen molar-refractivity contribution in [1.29, 1.82) is 0 Å². The molecule has 2 aliphatic rings. The van der Waals surface area contributed by atoms with Crippen molar-refractivity contribution < 1.29 is 0 Å². The van der Waals surface area contributed by atoms with Crippen LogP contribution in [0.2, 0.25) is 0 Å². The van der Waals surface area contributed by atoms with Crippen LogP contribution in [-0.2, 0) is 0 Å². The van der Waals surface area contributed by atoms with E-state index in [9.17, 15) is 0 Å². The molecule has 2 aliphatic carbocycles. The second-order valence-electron chi connectivity index (χ2n) is 8.27. The van der Waals surface area contributed by atoms with Crippen molar-refractivity contribution in [2.75, 3.05) is 0 Å². The van der Waals surface area contributed by atoms with Gasteiger partial charge in [0.05, 0.1) is 11.2 Å². The Hall–Kier alpha value is -2.15. The molecule has 0 N–H and O–H groups in total. The number of benzene rings is 2. The average molecular weight is 327 g/mol. The molecule has 1 heterocycles. The Morgan fingerprint density at radius 3 is 2.40 bits per heavy atom. The number of aryl methyl sites for hydroxylation is 2. The molecule has 2 fully saturated rings. The number of nitrogens with zero attached hydrogens (tertiary/aromatic N) is 1. The van der Waals surface area contributed by atoms with Gasteiger partial charge in [0, 0.05) is 10.9 Å². The van der Waals surface area contributed by atoms with E-state index in [0.717, 1.165) is 29.0 Å². The van der Waals surface area contributed by atoms with E-state index in [1.807, 2.05) is 0 Å². The molecule has 0 saturated heterocycles. The monoisotopic (exact) mass is 327 g/mol. The van der Waals surface area contributed by atoms with E-state index in [4.69, 9.17) is 4.98 Å². The minimum Gasteiger partial charge on any atom is -0.248 e. The van der Waals surface area contributed by atoms with E-state index in [0.29, 0.717) is 0 Å². The Labute approximate surface area is 150 Å². The van der Waals surface area contributed by atoms with Crippen LogP contribution in [0.1, 0.15) is 48.3 Å². The van der Waals surface area contributed by atoms with Crippen LogP contribution in [0.15, 0.2) is 48.5 Å². The number of fused-ring (bicyclic) bond motifs is 3. The van der Waals surface area contributed by atoms with E-state index in [1.165, 1.54) is 47.8 Å². The maximum absolute atomic E-state index is 5.02. The van der Waals surface area contributed by atoms with E-state index in [-0.39, 0.29) is 0 Å². The lowest BCUT2D eigenvalue weighted by Gasteiger charge is -2.24. The van der Waals surface area contributed by atoms with Gasteiger partial charge >= 0.3 is 0 Å². The number of hydrogen-bond donors (Lipinski definition) is 0. The van der Waals surface area contributed by atoms with Crippen LogP contribution >= 0.6 is 0 Å². The summed E-state index contributed by atoms with van der Waals surface area (Å²) in [6, 6.07) is 17.9. The first-order valence-electron chi connectivity index (χ1n) is 9.66. The number of pyridine rings is 1. The fraction of sp³-hybridized carbons (Fsp3) is 0.375. The maximum Gasteiger partial charge on any atom is 0.0712 e. The zero-order chi connectivity index (χ0) is 17.0. The van der Waals surface area contributed by atoms with Crippen molar-refractivity contribution in [1.82, 2.24) is 4.98 Å². The molecule has 1 heteroatoms. The van der Waals surface area contributed by atoms with Crippen LogP contribution in [0.25, 0.3) is 22.2 Å². The van der Waals surface area contributed by atoms with Gasteiger partial charge < -0.3 is 0 Å². The van der Waals surface area contributed by atoms with E-state index in [1.54, 1.807) is 5.56 Å². The molecule has 3 aromatic rings. The van der Waals surface area contributed by atoms with Crippen LogP contribution < -0.4 is 0 Å². The van der Waals surface area contributed by atoms with Crippen LogP contribution in [0, 0.1) is 25.7 Å². The van der Waals surface area contributed by atoms with Crippen LogP contribution in [-0.4, -0.2) is 4.98 Å². The number of hydrogen-bond acceptors (Lipinski definition) is 1. The number of para-hydroxylation sites is 1. The summed E-state index contributed by atoms with van der Waals surface area (Å²) in [5, 5.41) is 1.37. The summed E-state index contributed by atoms with van der Waals surface area (Å²) >= 11 is 0. The van der Waals surface area contributed by atoms with Crippen molar-refractivity contribution in [3.8, 4) is 11.3 Å². The fourth-order valence-corrected chi connectivity index (χ4v) is 5.41. The molecule has 1 nitrogen and oxygen atoms in total. The van der Waals surface area contributed by atoms with Crippen LogP contribution in [0.3, 0.4) is 0 Å². The smallest absolute Gasteiger partial charge is 0.0712 e. The van der Waals surface area contributed by atoms with Crippen LogP contribution in [0.4, 0.5) is 0 Å². The van der Waals surface area contributed by atoms with E-state index < -0.39 is 0 Å². The molecule has 5 rings (SSSR count). The Balaban J connectivity index is 1.70. The molecule has 126 valence electrons. The average Bonchev–Trinajstić information content (AvgIpc) is 3.23. The lowest BCUT2D eigenvalue weighted by molar-refractivity contribution is 0.422. The SMILES string of the molecule is Cc1cc(C)cc(-c2cc(C3CC4CCC3C4)c3ccccc3n2)c1. The topological polar surface area (TPSA) is 12.9 Å². The predicted molar refractivity (Wildman–Crippen MR) is 105 cm³/mol. The third-order valence-electron chi connectivity index (χ3n) is 6.40. The third-order valence-corrected chi connectivity index (χ3v) is 6.40. The Bertz CT molecular complexity index is 935. The molecule has 0 spiro atoms. The van der Waals surface area contributed by atoms with Gasteiger partial charge in [-0.15, -0.1) is 0 Å². The van der Waals surface area contributed by atoms with Gasteiger partial charge in [-0.1, -0.05) is 41.8 Å². The van der Waals surface area contributed by atoms with E-state index in [2.05, 4.69) is 62.4 Å². The zero-order valence-corrected chi connectivity index (χ0v) is 15.1. The van der Waals surface area contributed by atoms with Crippen LogP contribution in [0.5, 0.6) is 0 Å². The lowest BCUT2D eigenvalue weighted by atomic mass is 9.81. The minimum atomic E-state index is 0.733. The van der Waals surface area contributed by atoms with Gasteiger partial charge in [0.25, 0.3) is 0 Å². The first-order valence-corrected chi connectivity index (χ1v) is 9.66. The summed E-state index contributed by atoms with van der Waals surface area (Å²) in [7, 11) is 0. The fourth-order valence-electron chi connectivity index (χ4n) is 5.41. The first kappa shape index (κ1) is 15.1. The zero-order valence-electron chi connectivity index (χ0n) is 15.1. The summed E-state index contributed by atoms with van der Waals surface area (Å²) in [5.74, 6) is 2.59. The number of rotatable bonds is 2. The summed E-state index contributed by atoms with van der Waals surface area (Å²) < 4.78 is 0. The predicted octanol–water partition coefficient (Wildman–Crippen LogP) is 6.42. The minimum absolute atomic E-state index is 0.733. The quantitative estimate of drug-likeness (QED) is 0.529. The summed E-state index contributed by atoms with van der Waals surface area (Å²) in [4.78, 5) is 5.02. The van der Waals surface area contributed by atoms with Gasteiger partial charge in [-0.2, -0.15) is 0 Å². The second-order valence-corrected chi connectivity index (χ2v) is 8.27. The lowest BCUT2D eigenvalue weighted by Crippen LogP contribution is -2.09. The van der Waals surface area contributed by atoms with Crippen molar-refractivity contribution in [2.24, 2.45) is 11.8 Å². The van der Waals surface area contributed by atoms with Crippen molar-refractivity contribution >= 4 is 10.9 Å². The molecule has 0 radical (unpaired) electrons. The molecule has 0 aliphatic heterocycles. The Kier molecular flexibility index (Phi) is 3.45. The first-order chi connectivity index (χ1) is 12.2. The molecule has 2 bridgehead atoms. The van der Waals surface area contributed by atoms with Gasteiger partial charge in [0.1, 0.15) is 0 Å². The molecule has 1 aromatic heterocycles. The highest BCUT2D eigenvalue weighted by molar-refractivity contribution is 5.86. The second kappa shape index (κ2) is 5.69. The van der Waals surface area contributed by atoms with Crippen molar-refractivity contribution in [2.45, 2.75) is 45.4 Å². The number of aromatic nitrogens is 1. The molecule has 3 unspecified atom stereocenters. The summed E-state index contributed by atoms with van der Waals surface area (Å²) in [6.07, 6.45) is 5.70. The Morgan fingerprint density at radius 2 is 1.68 bits per heavy atom. The van der Waals surface area contributed by atoms with Crippen molar-refractivity contribution in [3.63, 3.8) is 0 Å². The van der Waals surface area contributed by atoms with Gasteiger partial charge in [-0.05, 0) is 80.7 Å². The van der Waals surface area contributed by atoms with Gasteiger partial charge in [-0.3, -0.25) is 0 Å². The molecule has 25 heavy (non-hydrogen) atoms. The maximum atomic E-state index is 5.02. The molecule has 2 saturated carbocycles. The van der Waals surface area contributed by atoms with Gasteiger partial charge in [0.2, 0.25) is 0 Å². The van der Waals surface area contributed by atoms with Gasteiger partial charge in [0.15, 0.2) is 0 Å². The summed E-state index contributed by atoms with van der Waals surface area (Å²) in [5.41, 5.74) is 7.72. The third kappa shape index (κ3) is 2.57. The largest absolute Gasteiger partial charge is 0.248 e. The molecule has 3 atom stereocenters. The summed E-state index contributed by atoms with van der Waals surface area (Å²) in [6.45, 7) is 4.35. The molecule has 0 amide bonds. The van der Waals surface area contributed by atoms with Crippen molar-refractivity contribution in [3.05, 3.63) is 65.2 Å². The Morgan fingerprint density at radius 1 is 0.880 bits per heavy atom. The standard InChI is InChI=1S/C24H25N/c1-15-9-16(2)11-19(10-15)24-14-22(20-5-3-4-6-23(20)25-24)21-13-17-7-8-18(21)12-17/h3-6,9-11,14,17-18,21H,7-8,12-13H2,1-2H3. The highest BCUT2D eigenvalue weighted by Crippen LogP contribution is 2.54. The van der Waals surface area contributed by atoms with Gasteiger partial charge in [-0.25, -0.2) is 4.98 Å². The molecular formula is C24H25N. The highest BCUT2D eigenvalue weighted by atomic mass is 14.7. The molecular weight excluding hydrogens is 302 g/mol. The normalized spacial score (nSPS) is 25.0. The highest BCUT2D eigenvalue weighted by Gasteiger charge is 2.40.